The number of carbonyl (C=O) groups is 1. The fourth-order valence-corrected chi connectivity index (χ4v) is 2.01. The van der Waals surface area contributed by atoms with E-state index in [0.717, 1.165) is 17.2 Å². The third-order valence-corrected chi connectivity index (χ3v) is 3.04. The number of benzene rings is 1. The molecule has 0 aliphatic carbocycles. The highest BCUT2D eigenvalue weighted by Crippen LogP contribution is 2.12. The maximum absolute atomic E-state index is 12.0. The lowest BCUT2D eigenvalue weighted by Crippen LogP contribution is -2.40. The number of guanidine groups is 1. The van der Waals surface area contributed by atoms with Gasteiger partial charge in [0.25, 0.3) is 5.91 Å². The zero-order valence-corrected chi connectivity index (χ0v) is 16.3. The Morgan fingerprint density at radius 3 is 2.67 bits per heavy atom. The van der Waals surface area contributed by atoms with Crippen molar-refractivity contribution in [2.24, 2.45) is 4.99 Å². The molecule has 7 heteroatoms. The number of hydrogen-bond acceptors (Lipinski definition) is 3. The fraction of sp³-hybridized carbons (Fsp3) is 0.294. The molecular formula is C17H23IN4O2. The van der Waals surface area contributed by atoms with E-state index in [1.165, 1.54) is 6.26 Å². The average molecular weight is 442 g/mol. The number of furan rings is 1. The Labute approximate surface area is 159 Å². The van der Waals surface area contributed by atoms with Gasteiger partial charge in [0, 0.05) is 25.3 Å². The molecule has 0 radical (unpaired) electrons. The quantitative estimate of drug-likeness (QED) is 0.378. The van der Waals surface area contributed by atoms with Gasteiger partial charge in [-0.2, -0.15) is 0 Å². The second-order valence-corrected chi connectivity index (χ2v) is 5.36. The van der Waals surface area contributed by atoms with Crippen LogP contribution in [0.5, 0.6) is 0 Å². The molecule has 0 bridgehead atoms. The lowest BCUT2D eigenvalue weighted by molar-refractivity contribution is 0.0996. The van der Waals surface area contributed by atoms with Crippen molar-refractivity contribution in [1.82, 2.24) is 10.6 Å². The number of carbonyl (C=O) groups excluding carboxylic acids is 1. The van der Waals surface area contributed by atoms with E-state index in [9.17, 15) is 4.79 Å². The molecular weight excluding hydrogens is 419 g/mol. The van der Waals surface area contributed by atoms with E-state index in [2.05, 4.69) is 34.8 Å². The van der Waals surface area contributed by atoms with E-state index < -0.39 is 0 Å². The van der Waals surface area contributed by atoms with Gasteiger partial charge in [-0.1, -0.05) is 12.1 Å². The van der Waals surface area contributed by atoms with Crippen LogP contribution in [0.2, 0.25) is 0 Å². The predicted octanol–water partition coefficient (Wildman–Crippen LogP) is 3.22. The first-order valence-corrected chi connectivity index (χ1v) is 7.49. The molecule has 1 aromatic carbocycles. The van der Waals surface area contributed by atoms with Crippen LogP contribution in [0.1, 0.15) is 30.0 Å². The van der Waals surface area contributed by atoms with Crippen molar-refractivity contribution in [3.05, 3.63) is 54.0 Å². The van der Waals surface area contributed by atoms with E-state index in [-0.39, 0.29) is 35.6 Å². The van der Waals surface area contributed by atoms with E-state index >= 15 is 0 Å². The number of anilines is 1. The van der Waals surface area contributed by atoms with Crippen LogP contribution in [0.25, 0.3) is 0 Å². The SMILES string of the molecule is CN=C(NCc1cccc(NC(=O)c2ccco2)c1)NC(C)C.I. The van der Waals surface area contributed by atoms with E-state index in [1.807, 2.05) is 24.3 Å². The van der Waals surface area contributed by atoms with Crippen molar-refractivity contribution < 1.29 is 9.21 Å². The molecule has 0 spiro atoms. The van der Waals surface area contributed by atoms with Gasteiger partial charge in [-0.3, -0.25) is 9.79 Å². The van der Waals surface area contributed by atoms with Crippen LogP contribution in [-0.4, -0.2) is 25.0 Å². The highest BCUT2D eigenvalue weighted by Gasteiger charge is 2.09. The summed E-state index contributed by atoms with van der Waals surface area (Å²) in [5.41, 5.74) is 1.76. The first kappa shape index (κ1) is 20.0. The third kappa shape index (κ3) is 6.23. The lowest BCUT2D eigenvalue weighted by atomic mass is 10.2. The Balaban J connectivity index is 0.00000288. The van der Waals surface area contributed by atoms with Crippen LogP contribution in [-0.2, 0) is 6.54 Å². The molecule has 2 aromatic rings. The summed E-state index contributed by atoms with van der Waals surface area (Å²) in [5.74, 6) is 0.762. The van der Waals surface area contributed by atoms with E-state index in [0.29, 0.717) is 12.6 Å². The zero-order chi connectivity index (χ0) is 16.7. The smallest absolute Gasteiger partial charge is 0.291 e. The molecule has 0 saturated heterocycles. The van der Waals surface area contributed by atoms with Crippen LogP contribution in [0.3, 0.4) is 0 Å². The minimum Gasteiger partial charge on any atom is -0.459 e. The van der Waals surface area contributed by atoms with Crippen LogP contribution >= 0.6 is 24.0 Å². The molecule has 0 unspecified atom stereocenters. The second-order valence-electron chi connectivity index (χ2n) is 5.36. The summed E-state index contributed by atoms with van der Waals surface area (Å²) in [7, 11) is 1.73. The van der Waals surface area contributed by atoms with Gasteiger partial charge >= 0.3 is 0 Å². The van der Waals surface area contributed by atoms with Gasteiger partial charge in [-0.25, -0.2) is 0 Å². The second kappa shape index (κ2) is 9.96. The molecule has 1 heterocycles. The number of halogens is 1. The Morgan fingerprint density at radius 1 is 1.25 bits per heavy atom. The molecule has 6 nitrogen and oxygen atoms in total. The molecule has 0 saturated carbocycles. The van der Waals surface area contributed by atoms with Crippen molar-refractivity contribution in [1.29, 1.82) is 0 Å². The van der Waals surface area contributed by atoms with Gasteiger partial charge in [0.05, 0.1) is 6.26 Å². The van der Waals surface area contributed by atoms with Crippen LogP contribution in [0, 0.1) is 0 Å². The summed E-state index contributed by atoms with van der Waals surface area (Å²) in [6.45, 7) is 4.71. The zero-order valence-electron chi connectivity index (χ0n) is 14.0. The maximum Gasteiger partial charge on any atom is 0.291 e. The van der Waals surface area contributed by atoms with Gasteiger partial charge in [0.1, 0.15) is 0 Å². The molecule has 0 fully saturated rings. The van der Waals surface area contributed by atoms with Crippen LogP contribution in [0.15, 0.2) is 52.1 Å². The summed E-state index contributed by atoms with van der Waals surface area (Å²) in [6, 6.07) is 11.2. The fourth-order valence-electron chi connectivity index (χ4n) is 2.01. The average Bonchev–Trinajstić information content (AvgIpc) is 3.06. The lowest BCUT2D eigenvalue weighted by Gasteiger charge is -2.14. The third-order valence-electron chi connectivity index (χ3n) is 3.04. The standard InChI is InChI=1S/C17H22N4O2.HI/c1-12(2)20-17(18-3)19-11-13-6-4-7-14(10-13)21-16(22)15-8-5-9-23-15;/h4-10,12H,11H2,1-3H3,(H,21,22)(H2,18,19,20);1H. The minimum absolute atomic E-state index is 0. The van der Waals surface area contributed by atoms with Gasteiger partial charge in [-0.15, -0.1) is 24.0 Å². The summed E-state index contributed by atoms with van der Waals surface area (Å²) < 4.78 is 5.08. The van der Waals surface area contributed by atoms with E-state index in [4.69, 9.17) is 4.42 Å². The van der Waals surface area contributed by atoms with Crippen molar-refractivity contribution >= 4 is 41.5 Å². The number of nitrogens with zero attached hydrogens (tertiary/aromatic N) is 1. The molecule has 1 amide bonds. The monoisotopic (exact) mass is 442 g/mol. The Kier molecular flexibility index (Phi) is 8.31. The Hall–Kier alpha value is -2.03. The number of rotatable bonds is 5. The van der Waals surface area contributed by atoms with Crippen molar-refractivity contribution in [2.75, 3.05) is 12.4 Å². The molecule has 0 atom stereocenters. The topological polar surface area (TPSA) is 78.7 Å². The summed E-state index contributed by atoms with van der Waals surface area (Å²) in [6.07, 6.45) is 1.47. The Bertz CT molecular complexity index is 669. The summed E-state index contributed by atoms with van der Waals surface area (Å²) in [4.78, 5) is 16.1. The predicted molar refractivity (Wildman–Crippen MR) is 107 cm³/mol. The van der Waals surface area contributed by atoms with Crippen molar-refractivity contribution in [2.45, 2.75) is 26.4 Å². The molecule has 130 valence electrons. The maximum atomic E-state index is 12.0. The molecule has 24 heavy (non-hydrogen) atoms. The molecule has 2 rings (SSSR count). The highest BCUT2D eigenvalue weighted by atomic mass is 127. The van der Waals surface area contributed by atoms with Gasteiger partial charge < -0.3 is 20.4 Å². The van der Waals surface area contributed by atoms with Crippen LogP contribution < -0.4 is 16.0 Å². The van der Waals surface area contributed by atoms with E-state index in [1.54, 1.807) is 19.2 Å². The van der Waals surface area contributed by atoms with Crippen molar-refractivity contribution in [3.8, 4) is 0 Å². The molecule has 0 aliphatic heterocycles. The largest absolute Gasteiger partial charge is 0.459 e. The van der Waals surface area contributed by atoms with Crippen molar-refractivity contribution in [3.63, 3.8) is 0 Å². The van der Waals surface area contributed by atoms with Gasteiger partial charge in [-0.05, 0) is 43.7 Å². The number of nitrogens with one attached hydrogen (secondary N) is 3. The molecule has 3 N–H and O–H groups in total. The minimum atomic E-state index is -0.266. The molecule has 0 aliphatic rings. The first-order valence-electron chi connectivity index (χ1n) is 7.49. The number of hydrogen-bond donors (Lipinski definition) is 3. The van der Waals surface area contributed by atoms with Crippen LogP contribution in [0.4, 0.5) is 5.69 Å². The number of aliphatic imine (C=N–C) groups is 1. The summed E-state index contributed by atoms with van der Waals surface area (Å²) >= 11 is 0. The molecule has 1 aromatic heterocycles. The van der Waals surface area contributed by atoms with Gasteiger partial charge in [0.15, 0.2) is 11.7 Å². The number of amides is 1. The normalized spacial score (nSPS) is 10.9. The summed E-state index contributed by atoms with van der Waals surface area (Å²) in [5, 5.41) is 9.27. The first-order chi connectivity index (χ1) is 11.1. The van der Waals surface area contributed by atoms with Gasteiger partial charge in [0.2, 0.25) is 0 Å². The highest BCUT2D eigenvalue weighted by molar-refractivity contribution is 14.0. The Morgan fingerprint density at radius 2 is 2.04 bits per heavy atom.